The Bertz CT molecular complexity index is 304. The Morgan fingerprint density at radius 3 is 2.22 bits per heavy atom. The zero-order valence-electron chi connectivity index (χ0n) is 11.9. The van der Waals surface area contributed by atoms with E-state index in [2.05, 4.69) is 24.3 Å². The van der Waals surface area contributed by atoms with Crippen molar-refractivity contribution in [2.75, 3.05) is 12.8 Å². The van der Waals surface area contributed by atoms with E-state index in [-0.39, 0.29) is 16.5 Å². The molecule has 1 amide bonds. The van der Waals surface area contributed by atoms with E-state index in [1.165, 1.54) is 0 Å². The van der Waals surface area contributed by atoms with Gasteiger partial charge in [-0.1, -0.05) is 19.0 Å². The number of nitrogens with one attached hydrogen (secondary N) is 1. The Kier molecular flexibility index (Phi) is 6.52. The van der Waals surface area contributed by atoms with Crippen molar-refractivity contribution in [1.29, 1.82) is 0 Å². The van der Waals surface area contributed by atoms with Gasteiger partial charge in [0.2, 0.25) is 5.91 Å². The molecule has 0 bridgehead atoms. The minimum atomic E-state index is -1.000. The molecule has 6 heteroatoms. The molecule has 5 nitrogen and oxygen atoms in total. The van der Waals surface area contributed by atoms with Gasteiger partial charge in [-0.15, -0.1) is 0 Å². The lowest BCUT2D eigenvalue weighted by atomic mass is 9.90. The smallest absolute Gasteiger partial charge is 0.233 e. The van der Waals surface area contributed by atoms with Gasteiger partial charge in [-0.25, -0.2) is 0 Å². The average Bonchev–Trinajstić information content (AvgIpc) is 2.39. The van der Waals surface area contributed by atoms with Crippen molar-refractivity contribution in [1.82, 2.24) is 5.32 Å². The Hall–Kier alpha value is -0.910. The lowest BCUT2D eigenvalue weighted by Gasteiger charge is -2.31. The number of nitrogens with two attached hydrogens (primary N) is 1. The summed E-state index contributed by atoms with van der Waals surface area (Å²) in [6, 6.07) is 0. The topological polar surface area (TPSA) is 87.7 Å². The number of thioether (sulfide) groups is 1. The lowest BCUT2D eigenvalue weighted by molar-refractivity contribution is -0.126. The molecular weight excluding hydrogens is 250 g/mol. The third-order valence-electron chi connectivity index (χ3n) is 3.61. The first-order valence-corrected chi connectivity index (χ1v) is 7.33. The summed E-state index contributed by atoms with van der Waals surface area (Å²) in [4.78, 5) is 12.1. The largest absolute Gasteiger partial charge is 0.409 e. The lowest BCUT2D eigenvalue weighted by Crippen LogP contribution is -2.49. The first-order valence-electron chi connectivity index (χ1n) is 6.11. The van der Waals surface area contributed by atoms with Crippen molar-refractivity contribution in [3.63, 3.8) is 0 Å². The van der Waals surface area contributed by atoms with Crippen molar-refractivity contribution >= 4 is 23.5 Å². The molecule has 0 aliphatic heterocycles. The van der Waals surface area contributed by atoms with Gasteiger partial charge in [0.15, 0.2) is 5.84 Å². The van der Waals surface area contributed by atoms with Crippen LogP contribution in [0.5, 0.6) is 0 Å². The van der Waals surface area contributed by atoms with Crippen LogP contribution in [0.15, 0.2) is 5.16 Å². The maximum Gasteiger partial charge on any atom is 0.233 e. The highest BCUT2D eigenvalue weighted by Gasteiger charge is 2.34. The highest BCUT2D eigenvalue weighted by molar-refractivity contribution is 8.00. The summed E-state index contributed by atoms with van der Waals surface area (Å²) in [5, 5.41) is 14.5. The van der Waals surface area contributed by atoms with Crippen LogP contribution in [0.2, 0.25) is 0 Å². The van der Waals surface area contributed by atoms with Gasteiger partial charge >= 0.3 is 0 Å². The Labute approximate surface area is 114 Å². The number of amidine groups is 1. The van der Waals surface area contributed by atoms with Crippen molar-refractivity contribution in [2.24, 2.45) is 16.3 Å². The summed E-state index contributed by atoms with van der Waals surface area (Å²) >= 11 is 1.76. The van der Waals surface area contributed by atoms with Crippen LogP contribution in [0.4, 0.5) is 0 Å². The van der Waals surface area contributed by atoms with Gasteiger partial charge in [0.25, 0.3) is 0 Å². The van der Waals surface area contributed by atoms with Gasteiger partial charge in [0.1, 0.15) is 5.41 Å². The second kappa shape index (κ2) is 6.87. The molecule has 0 spiro atoms. The van der Waals surface area contributed by atoms with Crippen LogP contribution in [0.1, 0.15) is 40.5 Å². The molecule has 0 aliphatic carbocycles. The van der Waals surface area contributed by atoms with E-state index in [9.17, 15) is 4.79 Å². The monoisotopic (exact) mass is 275 g/mol. The molecule has 0 aromatic carbocycles. The van der Waals surface area contributed by atoms with Crippen LogP contribution in [0.25, 0.3) is 0 Å². The van der Waals surface area contributed by atoms with E-state index in [1.807, 2.05) is 6.26 Å². The number of oxime groups is 1. The molecule has 0 rings (SSSR count). The van der Waals surface area contributed by atoms with Crippen LogP contribution >= 0.6 is 11.8 Å². The molecule has 0 atom stereocenters. The summed E-state index contributed by atoms with van der Waals surface area (Å²) in [5.41, 5.74) is 4.52. The van der Waals surface area contributed by atoms with Gasteiger partial charge in [-0.3, -0.25) is 4.79 Å². The second-order valence-corrected chi connectivity index (χ2v) is 6.16. The summed E-state index contributed by atoms with van der Waals surface area (Å²) in [6.45, 7) is 8.08. The predicted molar refractivity (Wildman–Crippen MR) is 77.0 cm³/mol. The number of rotatable bonds is 7. The number of nitrogens with zero attached hydrogens (tertiary/aromatic N) is 1. The van der Waals surface area contributed by atoms with Gasteiger partial charge in [-0.2, -0.15) is 11.8 Å². The zero-order chi connectivity index (χ0) is 14.4. The van der Waals surface area contributed by atoms with E-state index < -0.39 is 5.41 Å². The van der Waals surface area contributed by atoms with Gasteiger partial charge < -0.3 is 16.3 Å². The summed E-state index contributed by atoms with van der Waals surface area (Å²) < 4.78 is 0.0524. The standard InChI is InChI=1S/C12H25N3O2S/c1-6-12(7-2,18-5)8-14-10(16)11(3,4)9(13)15-17/h17H,6-8H2,1-5H3,(H2,13,15)(H,14,16). The molecular formula is C12H25N3O2S. The number of hydrogen-bond donors (Lipinski definition) is 3. The van der Waals surface area contributed by atoms with Crippen molar-refractivity contribution < 1.29 is 10.0 Å². The minimum Gasteiger partial charge on any atom is -0.409 e. The average molecular weight is 275 g/mol. The molecule has 0 saturated carbocycles. The SMILES string of the molecule is CCC(CC)(CNC(=O)C(C)(C)C(N)=NO)SC. The molecule has 0 unspecified atom stereocenters. The van der Waals surface area contributed by atoms with Crippen LogP contribution in [0, 0.1) is 5.41 Å². The fraction of sp³-hybridized carbons (Fsp3) is 0.833. The summed E-state index contributed by atoms with van der Waals surface area (Å²) in [5.74, 6) is -0.305. The van der Waals surface area contributed by atoms with Crippen LogP contribution in [-0.2, 0) is 4.79 Å². The Morgan fingerprint density at radius 2 is 1.89 bits per heavy atom. The zero-order valence-corrected chi connectivity index (χ0v) is 12.7. The van der Waals surface area contributed by atoms with Gasteiger partial charge in [0.05, 0.1) is 0 Å². The van der Waals surface area contributed by atoms with E-state index in [0.29, 0.717) is 6.54 Å². The second-order valence-electron chi connectivity index (χ2n) is 4.89. The molecule has 0 aromatic rings. The third kappa shape index (κ3) is 3.80. The number of carbonyl (C=O) groups is 1. The van der Waals surface area contributed by atoms with Gasteiger partial charge in [-0.05, 0) is 32.9 Å². The fourth-order valence-corrected chi connectivity index (χ4v) is 2.36. The molecule has 106 valence electrons. The van der Waals surface area contributed by atoms with Gasteiger partial charge in [0, 0.05) is 11.3 Å². The quantitative estimate of drug-likeness (QED) is 0.286. The normalized spacial score (nSPS) is 13.5. The maximum absolute atomic E-state index is 12.1. The van der Waals surface area contributed by atoms with Crippen LogP contribution in [-0.4, -0.2) is 34.5 Å². The molecule has 0 radical (unpaired) electrons. The van der Waals surface area contributed by atoms with Crippen LogP contribution in [0.3, 0.4) is 0 Å². The third-order valence-corrected chi connectivity index (χ3v) is 5.20. The van der Waals surface area contributed by atoms with E-state index in [0.717, 1.165) is 12.8 Å². The fourth-order valence-electron chi connectivity index (χ4n) is 1.56. The molecule has 0 saturated heterocycles. The highest BCUT2D eigenvalue weighted by Crippen LogP contribution is 2.30. The van der Waals surface area contributed by atoms with E-state index in [1.54, 1.807) is 25.6 Å². The van der Waals surface area contributed by atoms with E-state index >= 15 is 0 Å². The number of amides is 1. The maximum atomic E-state index is 12.1. The van der Waals surface area contributed by atoms with Crippen molar-refractivity contribution in [3.8, 4) is 0 Å². The Balaban J connectivity index is 4.69. The first kappa shape index (κ1) is 17.1. The molecule has 18 heavy (non-hydrogen) atoms. The summed E-state index contributed by atoms with van der Waals surface area (Å²) in [7, 11) is 0. The predicted octanol–water partition coefficient (Wildman–Crippen LogP) is 1.80. The molecule has 0 heterocycles. The number of carbonyl (C=O) groups excluding carboxylic acids is 1. The Morgan fingerprint density at radius 1 is 1.39 bits per heavy atom. The van der Waals surface area contributed by atoms with Crippen molar-refractivity contribution in [2.45, 2.75) is 45.3 Å². The number of hydrogen-bond acceptors (Lipinski definition) is 4. The highest BCUT2D eigenvalue weighted by atomic mass is 32.2. The molecule has 0 aliphatic rings. The van der Waals surface area contributed by atoms with Crippen molar-refractivity contribution in [3.05, 3.63) is 0 Å². The molecule has 4 N–H and O–H groups in total. The van der Waals surface area contributed by atoms with Crippen LogP contribution < -0.4 is 11.1 Å². The molecule has 0 aromatic heterocycles. The van der Waals surface area contributed by atoms with E-state index in [4.69, 9.17) is 10.9 Å². The first-order chi connectivity index (χ1) is 8.29. The minimum absolute atomic E-state index is 0.0524. The molecule has 0 fully saturated rings. The summed E-state index contributed by atoms with van der Waals surface area (Å²) in [6.07, 6.45) is 4.01.